The lowest BCUT2D eigenvalue weighted by atomic mass is 9.74. The fourth-order valence-electron chi connectivity index (χ4n) is 4.17. The van der Waals surface area contributed by atoms with E-state index in [1.54, 1.807) is 0 Å². The predicted octanol–water partition coefficient (Wildman–Crippen LogP) is 4.04. The lowest BCUT2D eigenvalue weighted by molar-refractivity contribution is 0.260. The summed E-state index contributed by atoms with van der Waals surface area (Å²) in [4.78, 5) is 0. The summed E-state index contributed by atoms with van der Waals surface area (Å²) in [5.74, 6) is 2.75. The zero-order valence-electron chi connectivity index (χ0n) is 12.9. The number of rotatable bonds is 4. The second-order valence-corrected chi connectivity index (χ2v) is 7.12. The Kier molecular flexibility index (Phi) is 3.89. The minimum absolute atomic E-state index is 0.707. The summed E-state index contributed by atoms with van der Waals surface area (Å²) in [5, 5.41) is 3.77. The molecule has 0 aromatic heterocycles. The average molecular weight is 285 g/mol. The predicted molar refractivity (Wildman–Crippen MR) is 86.0 cm³/mol. The third kappa shape index (κ3) is 2.96. The Bertz CT molecular complexity index is 494. The molecule has 2 nitrogen and oxygen atoms in total. The molecule has 1 heterocycles. The van der Waals surface area contributed by atoms with Crippen LogP contribution in [-0.2, 0) is 6.42 Å². The van der Waals surface area contributed by atoms with E-state index in [1.165, 1.54) is 74.8 Å². The second-order valence-electron chi connectivity index (χ2n) is 7.12. The third-order valence-electron chi connectivity index (χ3n) is 5.52. The number of ether oxygens (including phenoxy) is 1. The highest BCUT2D eigenvalue weighted by molar-refractivity contribution is 5.45. The van der Waals surface area contributed by atoms with Crippen molar-refractivity contribution in [2.24, 2.45) is 5.92 Å². The zero-order valence-corrected chi connectivity index (χ0v) is 12.9. The highest BCUT2D eigenvalue weighted by Gasteiger charge is 2.31. The quantitative estimate of drug-likeness (QED) is 0.901. The van der Waals surface area contributed by atoms with Gasteiger partial charge in [-0.05, 0) is 68.0 Å². The van der Waals surface area contributed by atoms with Crippen molar-refractivity contribution in [1.82, 2.24) is 5.32 Å². The maximum atomic E-state index is 6.07. The first-order valence-corrected chi connectivity index (χ1v) is 8.90. The van der Waals surface area contributed by atoms with Gasteiger partial charge in [-0.1, -0.05) is 31.0 Å². The number of hydrogen-bond acceptors (Lipinski definition) is 2. The molecule has 0 saturated heterocycles. The van der Waals surface area contributed by atoms with E-state index in [1.807, 2.05) is 0 Å². The molecule has 4 rings (SSSR count). The maximum absolute atomic E-state index is 6.07. The van der Waals surface area contributed by atoms with Gasteiger partial charge in [0.2, 0.25) is 0 Å². The van der Waals surface area contributed by atoms with Crippen LogP contribution in [0.25, 0.3) is 0 Å². The largest absolute Gasteiger partial charge is 0.493 e. The molecule has 2 saturated carbocycles. The van der Waals surface area contributed by atoms with E-state index in [0.717, 1.165) is 18.6 Å². The molecule has 2 atom stereocenters. The molecule has 0 radical (unpaired) electrons. The summed E-state index contributed by atoms with van der Waals surface area (Å²) in [6.07, 6.45) is 10.7. The highest BCUT2D eigenvalue weighted by atomic mass is 16.5. The minimum atomic E-state index is 0.707. The van der Waals surface area contributed by atoms with Gasteiger partial charge in [0.25, 0.3) is 0 Å². The van der Waals surface area contributed by atoms with E-state index in [9.17, 15) is 0 Å². The SMILES string of the molecule is c1cc2c(c(C3CCCCC3CNC3CC3)c1)OCCC2. The topological polar surface area (TPSA) is 21.3 Å². The fourth-order valence-corrected chi connectivity index (χ4v) is 4.17. The highest BCUT2D eigenvalue weighted by Crippen LogP contribution is 2.43. The van der Waals surface area contributed by atoms with Gasteiger partial charge in [-0.2, -0.15) is 0 Å². The summed E-state index contributed by atoms with van der Waals surface area (Å²) in [6.45, 7) is 2.11. The summed E-state index contributed by atoms with van der Waals surface area (Å²) in [7, 11) is 0. The number of fused-ring (bicyclic) bond motifs is 1. The molecular formula is C19H27NO. The fraction of sp³-hybridized carbons (Fsp3) is 0.684. The second kappa shape index (κ2) is 6.00. The Labute approximate surface area is 128 Å². The molecule has 3 aliphatic rings. The molecule has 1 aliphatic heterocycles. The molecule has 1 aromatic rings. The maximum Gasteiger partial charge on any atom is 0.125 e. The van der Waals surface area contributed by atoms with E-state index in [4.69, 9.17) is 4.74 Å². The van der Waals surface area contributed by atoms with Gasteiger partial charge in [0, 0.05) is 6.04 Å². The van der Waals surface area contributed by atoms with Gasteiger partial charge in [-0.3, -0.25) is 0 Å². The minimum Gasteiger partial charge on any atom is -0.493 e. The van der Waals surface area contributed by atoms with Crippen LogP contribution < -0.4 is 10.1 Å². The van der Waals surface area contributed by atoms with Gasteiger partial charge in [-0.25, -0.2) is 0 Å². The Morgan fingerprint density at radius 2 is 1.95 bits per heavy atom. The summed E-state index contributed by atoms with van der Waals surface area (Å²) < 4.78 is 6.07. The van der Waals surface area contributed by atoms with Crippen LogP contribution in [0.15, 0.2) is 18.2 Å². The summed E-state index contributed by atoms with van der Waals surface area (Å²) in [5.41, 5.74) is 2.95. The lowest BCUT2D eigenvalue weighted by Crippen LogP contribution is -2.31. The van der Waals surface area contributed by atoms with Crippen LogP contribution in [0.3, 0.4) is 0 Å². The van der Waals surface area contributed by atoms with Crippen LogP contribution >= 0.6 is 0 Å². The molecule has 21 heavy (non-hydrogen) atoms. The smallest absolute Gasteiger partial charge is 0.125 e. The normalized spacial score (nSPS) is 28.8. The number of para-hydroxylation sites is 1. The van der Waals surface area contributed by atoms with Crippen molar-refractivity contribution < 1.29 is 4.74 Å². The van der Waals surface area contributed by atoms with Gasteiger partial charge in [-0.15, -0.1) is 0 Å². The van der Waals surface area contributed by atoms with Crippen LogP contribution in [0, 0.1) is 5.92 Å². The summed E-state index contributed by atoms with van der Waals surface area (Å²) in [6, 6.07) is 7.68. The van der Waals surface area contributed by atoms with E-state index < -0.39 is 0 Å². The first-order chi connectivity index (χ1) is 10.4. The molecule has 2 aliphatic carbocycles. The number of benzene rings is 1. The van der Waals surface area contributed by atoms with Crippen molar-refractivity contribution in [3.63, 3.8) is 0 Å². The van der Waals surface area contributed by atoms with E-state index in [0.29, 0.717) is 5.92 Å². The van der Waals surface area contributed by atoms with Gasteiger partial charge >= 0.3 is 0 Å². The molecule has 0 spiro atoms. The van der Waals surface area contributed by atoms with Crippen molar-refractivity contribution in [2.45, 2.75) is 63.3 Å². The molecule has 2 fully saturated rings. The van der Waals surface area contributed by atoms with Crippen molar-refractivity contribution in [2.75, 3.05) is 13.2 Å². The monoisotopic (exact) mass is 285 g/mol. The first kappa shape index (κ1) is 13.6. The molecule has 0 amide bonds. The zero-order chi connectivity index (χ0) is 14.1. The Morgan fingerprint density at radius 3 is 2.86 bits per heavy atom. The molecule has 2 heteroatoms. The first-order valence-electron chi connectivity index (χ1n) is 8.90. The summed E-state index contributed by atoms with van der Waals surface area (Å²) >= 11 is 0. The Balaban J connectivity index is 1.56. The molecule has 114 valence electrons. The number of aryl methyl sites for hydroxylation is 1. The molecule has 1 N–H and O–H groups in total. The third-order valence-corrected chi connectivity index (χ3v) is 5.52. The van der Waals surface area contributed by atoms with Gasteiger partial charge < -0.3 is 10.1 Å². The van der Waals surface area contributed by atoms with Crippen LogP contribution in [0.4, 0.5) is 0 Å². The van der Waals surface area contributed by atoms with Crippen molar-refractivity contribution in [3.8, 4) is 5.75 Å². The van der Waals surface area contributed by atoms with Crippen molar-refractivity contribution >= 4 is 0 Å². The van der Waals surface area contributed by atoms with Gasteiger partial charge in [0.1, 0.15) is 5.75 Å². The standard InChI is InChI=1S/C19H27NO/c1-2-8-17(15(5-1)13-20-16-10-11-16)18-9-3-6-14-7-4-12-21-19(14)18/h3,6,9,15-17,20H,1-2,4-5,7-8,10-13H2. The Hall–Kier alpha value is -1.02. The Morgan fingerprint density at radius 1 is 1.05 bits per heavy atom. The van der Waals surface area contributed by atoms with Crippen molar-refractivity contribution in [1.29, 1.82) is 0 Å². The molecule has 0 bridgehead atoms. The van der Waals surface area contributed by atoms with E-state index in [-0.39, 0.29) is 0 Å². The van der Waals surface area contributed by atoms with E-state index in [2.05, 4.69) is 23.5 Å². The van der Waals surface area contributed by atoms with Gasteiger partial charge in [0.05, 0.1) is 6.61 Å². The van der Waals surface area contributed by atoms with Crippen LogP contribution in [0.1, 0.15) is 62.0 Å². The van der Waals surface area contributed by atoms with Crippen LogP contribution in [0.2, 0.25) is 0 Å². The number of nitrogens with one attached hydrogen (secondary N) is 1. The van der Waals surface area contributed by atoms with Crippen molar-refractivity contribution in [3.05, 3.63) is 29.3 Å². The van der Waals surface area contributed by atoms with Gasteiger partial charge in [0.15, 0.2) is 0 Å². The molecule has 1 aromatic carbocycles. The van der Waals surface area contributed by atoms with Crippen LogP contribution in [-0.4, -0.2) is 19.2 Å². The molecular weight excluding hydrogens is 258 g/mol. The lowest BCUT2D eigenvalue weighted by Gasteiger charge is -2.34. The van der Waals surface area contributed by atoms with E-state index >= 15 is 0 Å². The number of hydrogen-bond donors (Lipinski definition) is 1. The molecule has 2 unspecified atom stereocenters. The van der Waals surface area contributed by atoms with Crippen LogP contribution in [0.5, 0.6) is 5.75 Å². The average Bonchev–Trinajstić information content (AvgIpc) is 3.37.